The van der Waals surface area contributed by atoms with Crippen molar-refractivity contribution in [1.82, 2.24) is 5.32 Å². The Labute approximate surface area is 109 Å². The van der Waals surface area contributed by atoms with Gasteiger partial charge >= 0.3 is 0 Å². The van der Waals surface area contributed by atoms with E-state index in [1.807, 2.05) is 24.3 Å². The molecule has 4 nitrogen and oxygen atoms in total. The molecular formula is C13H21NO3S. The second-order valence-corrected chi connectivity index (χ2v) is 7.63. The summed E-state index contributed by atoms with van der Waals surface area (Å²) in [5, 5.41) is 3.17. The number of hydrogen-bond donors (Lipinski definition) is 1. The van der Waals surface area contributed by atoms with Gasteiger partial charge in [-0.2, -0.15) is 0 Å². The second-order valence-electron chi connectivity index (χ2n) is 4.98. The van der Waals surface area contributed by atoms with Crippen LogP contribution in [0.1, 0.15) is 19.4 Å². The quantitative estimate of drug-likeness (QED) is 0.854. The molecule has 0 bridgehead atoms. The van der Waals surface area contributed by atoms with Crippen LogP contribution in [0, 0.1) is 0 Å². The van der Waals surface area contributed by atoms with Crippen molar-refractivity contribution in [3.8, 4) is 5.75 Å². The van der Waals surface area contributed by atoms with Crippen LogP contribution in [-0.4, -0.2) is 33.1 Å². The van der Waals surface area contributed by atoms with E-state index in [1.54, 1.807) is 21.0 Å². The van der Waals surface area contributed by atoms with E-state index in [-0.39, 0.29) is 0 Å². The van der Waals surface area contributed by atoms with Crippen LogP contribution in [0.2, 0.25) is 0 Å². The van der Waals surface area contributed by atoms with Crippen LogP contribution >= 0.6 is 0 Å². The van der Waals surface area contributed by atoms with Crippen LogP contribution in [0.15, 0.2) is 24.3 Å². The Bertz CT molecular complexity index is 477. The lowest BCUT2D eigenvalue weighted by Gasteiger charge is -2.22. The minimum Gasteiger partial charge on any atom is -0.497 e. The standard InChI is InChI=1S/C13H21NO3S/c1-13(2,18(4,15)16)10-14-9-11-5-7-12(17-3)8-6-11/h5-8,14H,9-10H2,1-4H3. The third-order valence-corrected chi connectivity index (χ3v) is 5.19. The predicted octanol–water partition coefficient (Wildman–Crippen LogP) is 1.61. The average molecular weight is 271 g/mol. The maximum absolute atomic E-state index is 11.5. The highest BCUT2D eigenvalue weighted by molar-refractivity contribution is 7.92. The van der Waals surface area contributed by atoms with Crippen molar-refractivity contribution in [3.63, 3.8) is 0 Å². The molecule has 1 N–H and O–H groups in total. The molecule has 0 atom stereocenters. The largest absolute Gasteiger partial charge is 0.497 e. The van der Waals surface area contributed by atoms with Gasteiger partial charge in [0.2, 0.25) is 0 Å². The molecule has 102 valence electrons. The summed E-state index contributed by atoms with van der Waals surface area (Å²) in [4.78, 5) is 0. The van der Waals surface area contributed by atoms with Crippen LogP contribution in [0.25, 0.3) is 0 Å². The molecule has 0 saturated carbocycles. The van der Waals surface area contributed by atoms with Gasteiger partial charge in [0.15, 0.2) is 9.84 Å². The molecule has 0 amide bonds. The fourth-order valence-corrected chi connectivity index (χ4v) is 1.75. The molecular weight excluding hydrogens is 250 g/mol. The van der Waals surface area contributed by atoms with Gasteiger partial charge in [0, 0.05) is 19.3 Å². The van der Waals surface area contributed by atoms with Gasteiger partial charge in [-0.15, -0.1) is 0 Å². The summed E-state index contributed by atoms with van der Waals surface area (Å²) in [7, 11) is -1.42. The van der Waals surface area contributed by atoms with Gasteiger partial charge in [-0.25, -0.2) is 8.42 Å². The van der Waals surface area contributed by atoms with Crippen LogP contribution < -0.4 is 10.1 Å². The van der Waals surface area contributed by atoms with Gasteiger partial charge in [0.1, 0.15) is 5.75 Å². The molecule has 0 aliphatic rings. The lowest BCUT2D eigenvalue weighted by molar-refractivity contribution is 0.414. The predicted molar refractivity (Wildman–Crippen MR) is 73.6 cm³/mol. The molecule has 18 heavy (non-hydrogen) atoms. The van der Waals surface area contributed by atoms with E-state index in [0.29, 0.717) is 13.1 Å². The molecule has 0 aliphatic carbocycles. The van der Waals surface area contributed by atoms with Gasteiger partial charge in [-0.05, 0) is 31.5 Å². The van der Waals surface area contributed by atoms with Crippen molar-refractivity contribution < 1.29 is 13.2 Å². The average Bonchev–Trinajstić information content (AvgIpc) is 2.28. The zero-order valence-electron chi connectivity index (χ0n) is 11.4. The normalized spacial score (nSPS) is 12.4. The molecule has 1 aromatic carbocycles. The van der Waals surface area contributed by atoms with Crippen molar-refractivity contribution in [1.29, 1.82) is 0 Å². The number of rotatable bonds is 6. The van der Waals surface area contributed by atoms with Crippen LogP contribution in [0.5, 0.6) is 5.75 Å². The molecule has 0 radical (unpaired) electrons. The molecule has 0 aromatic heterocycles. The van der Waals surface area contributed by atoms with E-state index in [1.165, 1.54) is 6.26 Å². The maximum atomic E-state index is 11.5. The van der Waals surface area contributed by atoms with Crippen LogP contribution in [0.3, 0.4) is 0 Å². The lowest BCUT2D eigenvalue weighted by atomic mass is 10.2. The summed E-state index contributed by atoms with van der Waals surface area (Å²) in [5.41, 5.74) is 1.10. The first-order valence-electron chi connectivity index (χ1n) is 5.79. The monoisotopic (exact) mass is 271 g/mol. The smallest absolute Gasteiger partial charge is 0.153 e. The number of nitrogens with one attached hydrogen (secondary N) is 1. The van der Waals surface area contributed by atoms with Crippen molar-refractivity contribution in [2.75, 3.05) is 19.9 Å². The maximum Gasteiger partial charge on any atom is 0.153 e. The first-order valence-corrected chi connectivity index (χ1v) is 7.69. The summed E-state index contributed by atoms with van der Waals surface area (Å²) in [5.74, 6) is 0.815. The molecule has 1 rings (SSSR count). The number of methoxy groups -OCH3 is 1. The van der Waals surface area contributed by atoms with E-state index in [2.05, 4.69) is 5.32 Å². The highest BCUT2D eigenvalue weighted by Crippen LogP contribution is 2.14. The van der Waals surface area contributed by atoms with Crippen molar-refractivity contribution in [2.45, 2.75) is 25.1 Å². The van der Waals surface area contributed by atoms with E-state index in [4.69, 9.17) is 4.74 Å². The van der Waals surface area contributed by atoms with Gasteiger partial charge in [0.05, 0.1) is 11.9 Å². The summed E-state index contributed by atoms with van der Waals surface area (Å²) < 4.78 is 27.4. The van der Waals surface area contributed by atoms with E-state index < -0.39 is 14.6 Å². The summed E-state index contributed by atoms with van der Waals surface area (Å²) >= 11 is 0. The number of ether oxygens (including phenoxy) is 1. The Morgan fingerprint density at radius 2 is 1.78 bits per heavy atom. The third kappa shape index (κ3) is 3.99. The molecule has 0 fully saturated rings. The Hall–Kier alpha value is -1.07. The Balaban J connectivity index is 2.51. The fraction of sp³-hybridized carbons (Fsp3) is 0.538. The van der Waals surface area contributed by atoms with Gasteiger partial charge in [0.25, 0.3) is 0 Å². The highest BCUT2D eigenvalue weighted by Gasteiger charge is 2.29. The number of hydrogen-bond acceptors (Lipinski definition) is 4. The van der Waals surface area contributed by atoms with E-state index >= 15 is 0 Å². The molecule has 0 aliphatic heterocycles. The van der Waals surface area contributed by atoms with Gasteiger partial charge in [-0.3, -0.25) is 0 Å². The van der Waals surface area contributed by atoms with Crippen molar-refractivity contribution in [3.05, 3.63) is 29.8 Å². The van der Waals surface area contributed by atoms with Gasteiger partial charge < -0.3 is 10.1 Å². The fourth-order valence-electron chi connectivity index (χ4n) is 1.38. The van der Waals surface area contributed by atoms with Crippen molar-refractivity contribution in [2.24, 2.45) is 0 Å². The molecule has 0 heterocycles. The molecule has 0 spiro atoms. The van der Waals surface area contributed by atoms with E-state index in [0.717, 1.165) is 11.3 Å². The zero-order valence-corrected chi connectivity index (χ0v) is 12.2. The van der Waals surface area contributed by atoms with Crippen LogP contribution in [0.4, 0.5) is 0 Å². The first kappa shape index (κ1) is 15.0. The van der Waals surface area contributed by atoms with E-state index in [9.17, 15) is 8.42 Å². The van der Waals surface area contributed by atoms with Crippen LogP contribution in [-0.2, 0) is 16.4 Å². The van der Waals surface area contributed by atoms with Gasteiger partial charge in [-0.1, -0.05) is 12.1 Å². The number of sulfone groups is 1. The molecule has 1 aromatic rings. The van der Waals surface area contributed by atoms with Crippen molar-refractivity contribution >= 4 is 9.84 Å². The molecule has 0 unspecified atom stereocenters. The number of benzene rings is 1. The minimum absolute atomic E-state index is 0.428. The molecule has 5 heteroatoms. The Kier molecular flexibility index (Phi) is 4.76. The molecule has 0 saturated heterocycles. The summed E-state index contributed by atoms with van der Waals surface area (Å²) in [6.07, 6.45) is 1.27. The third-order valence-electron chi connectivity index (χ3n) is 3.04. The Morgan fingerprint density at radius 1 is 1.22 bits per heavy atom. The summed E-state index contributed by atoms with van der Waals surface area (Å²) in [6, 6.07) is 7.69. The SMILES string of the molecule is COc1ccc(CNCC(C)(C)S(C)(=O)=O)cc1. The summed E-state index contributed by atoms with van der Waals surface area (Å²) in [6.45, 7) is 4.52. The topological polar surface area (TPSA) is 55.4 Å². The highest BCUT2D eigenvalue weighted by atomic mass is 32.2. The second kappa shape index (κ2) is 5.71. The zero-order chi connectivity index (χ0) is 13.8. The first-order chi connectivity index (χ1) is 8.26. The Morgan fingerprint density at radius 3 is 2.22 bits per heavy atom. The minimum atomic E-state index is -3.05. The lowest BCUT2D eigenvalue weighted by Crippen LogP contribution is -2.41.